The van der Waals surface area contributed by atoms with E-state index in [9.17, 15) is 4.79 Å². The third kappa shape index (κ3) is 9.39. The Balaban J connectivity index is 2.85. The van der Waals surface area contributed by atoms with Gasteiger partial charge in [0.15, 0.2) is 0 Å². The number of unbranched alkanes of at least 4 members (excludes halogenated alkanes) is 2. The number of aliphatic hydroxyl groups is 1. The van der Waals surface area contributed by atoms with Crippen molar-refractivity contribution >= 4 is 5.97 Å². The van der Waals surface area contributed by atoms with Crippen LogP contribution in [0.15, 0.2) is 0 Å². The molecule has 0 aliphatic rings. The van der Waals surface area contributed by atoms with Crippen LogP contribution in [0.4, 0.5) is 0 Å². The van der Waals surface area contributed by atoms with Gasteiger partial charge >= 0.3 is 5.97 Å². The zero-order valence-electron chi connectivity index (χ0n) is 6.55. The second kappa shape index (κ2) is 7.50. The first-order chi connectivity index (χ1) is 5.27. The summed E-state index contributed by atoms with van der Waals surface area (Å²) in [4.78, 5) is 9.99. The van der Waals surface area contributed by atoms with Crippen molar-refractivity contribution in [3.8, 4) is 0 Å². The first kappa shape index (κ1) is 10.4. The van der Waals surface area contributed by atoms with Gasteiger partial charge in [0.05, 0.1) is 6.54 Å². The Morgan fingerprint density at radius 1 is 1.27 bits per heavy atom. The highest BCUT2D eigenvalue weighted by molar-refractivity contribution is 5.68. The van der Waals surface area contributed by atoms with E-state index in [4.69, 9.17) is 10.2 Å². The van der Waals surface area contributed by atoms with Crippen LogP contribution in [0.1, 0.15) is 19.3 Å². The number of carboxylic acids is 1. The van der Waals surface area contributed by atoms with Crippen molar-refractivity contribution < 1.29 is 15.0 Å². The molecular weight excluding hydrogens is 146 g/mol. The van der Waals surface area contributed by atoms with Gasteiger partial charge < -0.3 is 15.5 Å². The average Bonchev–Trinajstić information content (AvgIpc) is 1.96. The smallest absolute Gasteiger partial charge is 0.317 e. The summed E-state index contributed by atoms with van der Waals surface area (Å²) in [7, 11) is 0. The largest absolute Gasteiger partial charge is 0.480 e. The molecule has 0 aliphatic carbocycles. The van der Waals surface area contributed by atoms with E-state index in [-0.39, 0.29) is 13.2 Å². The number of aliphatic carboxylic acids is 1. The molecule has 0 atom stereocenters. The van der Waals surface area contributed by atoms with Crippen molar-refractivity contribution in [2.75, 3.05) is 19.7 Å². The lowest BCUT2D eigenvalue weighted by Crippen LogP contribution is -2.23. The Bertz CT molecular complexity index is 106. The molecule has 0 radical (unpaired) electrons. The third-order valence-electron chi connectivity index (χ3n) is 1.29. The van der Waals surface area contributed by atoms with Crippen LogP contribution in [0.25, 0.3) is 0 Å². The molecule has 0 aromatic rings. The van der Waals surface area contributed by atoms with Crippen molar-refractivity contribution in [3.63, 3.8) is 0 Å². The van der Waals surface area contributed by atoms with Gasteiger partial charge in [-0.05, 0) is 25.8 Å². The number of aliphatic hydroxyl groups excluding tert-OH is 1. The molecule has 4 nitrogen and oxygen atoms in total. The zero-order valence-corrected chi connectivity index (χ0v) is 6.55. The summed E-state index contributed by atoms with van der Waals surface area (Å²) in [6.07, 6.45) is 2.67. The number of hydrogen-bond donors (Lipinski definition) is 3. The minimum atomic E-state index is -0.827. The molecule has 0 amide bonds. The molecule has 66 valence electrons. The van der Waals surface area contributed by atoms with Gasteiger partial charge in [0.25, 0.3) is 0 Å². The molecule has 0 saturated heterocycles. The van der Waals surface area contributed by atoms with Crippen LogP contribution in [0.5, 0.6) is 0 Å². The summed E-state index contributed by atoms with van der Waals surface area (Å²) in [5, 5.41) is 19.4. The van der Waals surface area contributed by atoms with Gasteiger partial charge in [0.2, 0.25) is 0 Å². The van der Waals surface area contributed by atoms with Crippen molar-refractivity contribution in [2.24, 2.45) is 0 Å². The molecule has 0 heterocycles. The lowest BCUT2D eigenvalue weighted by molar-refractivity contribution is -0.135. The van der Waals surface area contributed by atoms with Crippen LogP contribution in [0.3, 0.4) is 0 Å². The lowest BCUT2D eigenvalue weighted by Gasteiger charge is -1.99. The quantitative estimate of drug-likeness (QED) is 0.453. The normalized spacial score (nSPS) is 9.91. The van der Waals surface area contributed by atoms with Crippen LogP contribution < -0.4 is 5.32 Å². The highest BCUT2D eigenvalue weighted by Gasteiger charge is 1.93. The van der Waals surface area contributed by atoms with Crippen molar-refractivity contribution in [2.45, 2.75) is 19.3 Å². The third-order valence-corrected chi connectivity index (χ3v) is 1.29. The maximum atomic E-state index is 9.99. The molecule has 0 fully saturated rings. The second-order valence-corrected chi connectivity index (χ2v) is 2.35. The number of rotatable bonds is 7. The summed E-state index contributed by atoms with van der Waals surface area (Å²) >= 11 is 0. The fourth-order valence-corrected chi connectivity index (χ4v) is 0.734. The minimum Gasteiger partial charge on any atom is -0.480 e. The van der Waals surface area contributed by atoms with Gasteiger partial charge in [-0.2, -0.15) is 0 Å². The number of carboxylic acid groups (broad SMARTS) is 1. The predicted octanol–water partition coefficient (Wildman–Crippen LogP) is -0.177. The SMILES string of the molecule is O=C(O)CNCCCCCO. The maximum Gasteiger partial charge on any atom is 0.317 e. The monoisotopic (exact) mass is 161 g/mol. The van der Waals surface area contributed by atoms with E-state index < -0.39 is 5.97 Å². The number of nitrogens with one attached hydrogen (secondary N) is 1. The molecule has 0 aromatic heterocycles. The Morgan fingerprint density at radius 3 is 2.55 bits per heavy atom. The maximum absolute atomic E-state index is 9.99. The molecule has 0 aliphatic heterocycles. The minimum absolute atomic E-state index is 0.0269. The Morgan fingerprint density at radius 2 is 2.00 bits per heavy atom. The summed E-state index contributed by atoms with van der Waals surface area (Å²) < 4.78 is 0. The van der Waals surface area contributed by atoms with Crippen LogP contribution in [0.2, 0.25) is 0 Å². The summed E-state index contributed by atoms with van der Waals surface area (Å²) in [5.74, 6) is -0.827. The highest BCUT2D eigenvalue weighted by atomic mass is 16.4. The summed E-state index contributed by atoms with van der Waals surface area (Å²) in [6, 6.07) is 0. The number of hydrogen-bond acceptors (Lipinski definition) is 3. The zero-order chi connectivity index (χ0) is 8.53. The van der Waals surface area contributed by atoms with Crippen LogP contribution in [-0.2, 0) is 4.79 Å². The van der Waals surface area contributed by atoms with Gasteiger partial charge in [-0.3, -0.25) is 4.79 Å². The van der Waals surface area contributed by atoms with Crippen LogP contribution in [0, 0.1) is 0 Å². The first-order valence-electron chi connectivity index (χ1n) is 3.80. The Labute approximate surface area is 66.2 Å². The summed E-state index contributed by atoms with van der Waals surface area (Å²) in [6.45, 7) is 0.963. The van der Waals surface area contributed by atoms with E-state index in [1.165, 1.54) is 0 Å². The fourth-order valence-electron chi connectivity index (χ4n) is 0.734. The Kier molecular flexibility index (Phi) is 7.08. The van der Waals surface area contributed by atoms with E-state index in [0.29, 0.717) is 6.54 Å². The summed E-state index contributed by atoms with van der Waals surface area (Å²) in [5.41, 5.74) is 0. The lowest BCUT2D eigenvalue weighted by atomic mass is 10.2. The van der Waals surface area contributed by atoms with Crippen molar-refractivity contribution in [1.82, 2.24) is 5.32 Å². The first-order valence-corrected chi connectivity index (χ1v) is 3.80. The van der Waals surface area contributed by atoms with Crippen molar-refractivity contribution in [1.29, 1.82) is 0 Å². The highest BCUT2D eigenvalue weighted by Crippen LogP contribution is 1.91. The van der Waals surface area contributed by atoms with Crippen molar-refractivity contribution in [3.05, 3.63) is 0 Å². The predicted molar refractivity (Wildman–Crippen MR) is 41.4 cm³/mol. The topological polar surface area (TPSA) is 69.6 Å². The molecule has 0 bridgehead atoms. The fraction of sp³-hybridized carbons (Fsp3) is 0.857. The van der Waals surface area contributed by atoms with E-state index in [1.54, 1.807) is 0 Å². The van der Waals surface area contributed by atoms with Crippen LogP contribution >= 0.6 is 0 Å². The molecular formula is C7H15NO3. The molecule has 0 aromatic carbocycles. The van der Waals surface area contributed by atoms with E-state index in [0.717, 1.165) is 19.3 Å². The van der Waals surface area contributed by atoms with E-state index >= 15 is 0 Å². The Hall–Kier alpha value is -0.610. The molecule has 0 unspecified atom stereocenters. The molecule has 0 saturated carbocycles. The number of carbonyl (C=O) groups is 1. The van der Waals surface area contributed by atoms with E-state index in [2.05, 4.69) is 5.32 Å². The van der Waals surface area contributed by atoms with Gasteiger partial charge in [0.1, 0.15) is 0 Å². The molecule has 3 N–H and O–H groups in total. The van der Waals surface area contributed by atoms with Gasteiger partial charge in [-0.15, -0.1) is 0 Å². The molecule has 11 heavy (non-hydrogen) atoms. The average molecular weight is 161 g/mol. The van der Waals surface area contributed by atoms with Crippen LogP contribution in [-0.4, -0.2) is 35.9 Å². The van der Waals surface area contributed by atoms with E-state index in [1.807, 2.05) is 0 Å². The standard InChI is InChI=1S/C7H15NO3/c9-5-3-1-2-4-8-6-7(10)11/h8-9H,1-6H2,(H,10,11). The van der Waals surface area contributed by atoms with Gasteiger partial charge in [-0.1, -0.05) is 0 Å². The molecule has 4 heteroatoms. The molecule has 0 spiro atoms. The molecule has 0 rings (SSSR count). The second-order valence-electron chi connectivity index (χ2n) is 2.35. The van der Waals surface area contributed by atoms with Gasteiger partial charge in [0, 0.05) is 6.61 Å². The van der Waals surface area contributed by atoms with Gasteiger partial charge in [-0.25, -0.2) is 0 Å².